The van der Waals surface area contributed by atoms with E-state index in [4.69, 9.17) is 10.00 Å². The number of hydrogen-bond donors (Lipinski definition) is 1. The molecule has 4 nitrogen and oxygen atoms in total. The molecule has 22 heavy (non-hydrogen) atoms. The fourth-order valence-corrected chi connectivity index (χ4v) is 2.10. The first-order valence-corrected chi connectivity index (χ1v) is 7.05. The van der Waals surface area contributed by atoms with Gasteiger partial charge in [0.15, 0.2) is 6.10 Å². The van der Waals surface area contributed by atoms with Crippen LogP contribution in [0.4, 0.5) is 5.69 Å². The van der Waals surface area contributed by atoms with Crippen molar-refractivity contribution in [1.82, 2.24) is 0 Å². The SMILES string of the molecule is Cc1cccc(C)c1NC(=O)C(C)Oc1ccc(C#N)cc1. The molecule has 1 atom stereocenters. The number of anilines is 1. The van der Waals surface area contributed by atoms with Crippen molar-refractivity contribution in [3.05, 3.63) is 59.2 Å². The van der Waals surface area contributed by atoms with Crippen LogP contribution >= 0.6 is 0 Å². The van der Waals surface area contributed by atoms with E-state index < -0.39 is 6.10 Å². The minimum absolute atomic E-state index is 0.207. The highest BCUT2D eigenvalue weighted by Gasteiger charge is 2.16. The van der Waals surface area contributed by atoms with Crippen molar-refractivity contribution in [2.45, 2.75) is 26.9 Å². The van der Waals surface area contributed by atoms with Gasteiger partial charge in [0.1, 0.15) is 5.75 Å². The molecule has 2 aromatic carbocycles. The maximum atomic E-state index is 12.3. The number of nitriles is 1. The Balaban J connectivity index is 2.04. The maximum Gasteiger partial charge on any atom is 0.265 e. The van der Waals surface area contributed by atoms with Crippen LogP contribution in [0.15, 0.2) is 42.5 Å². The van der Waals surface area contributed by atoms with Crippen LogP contribution in [0.3, 0.4) is 0 Å². The number of amides is 1. The van der Waals surface area contributed by atoms with Crippen molar-refractivity contribution in [2.75, 3.05) is 5.32 Å². The van der Waals surface area contributed by atoms with Gasteiger partial charge in [0, 0.05) is 5.69 Å². The lowest BCUT2D eigenvalue weighted by atomic mass is 10.1. The Morgan fingerprint density at radius 3 is 2.27 bits per heavy atom. The number of para-hydroxylation sites is 1. The molecule has 0 bridgehead atoms. The molecule has 2 aromatic rings. The third-order valence-corrected chi connectivity index (χ3v) is 3.39. The van der Waals surface area contributed by atoms with Crippen molar-refractivity contribution < 1.29 is 9.53 Å². The van der Waals surface area contributed by atoms with E-state index >= 15 is 0 Å². The van der Waals surface area contributed by atoms with Crippen LogP contribution in [0.2, 0.25) is 0 Å². The summed E-state index contributed by atoms with van der Waals surface area (Å²) in [5.74, 6) is 0.352. The van der Waals surface area contributed by atoms with Crippen LogP contribution in [-0.4, -0.2) is 12.0 Å². The Bertz CT molecular complexity index is 695. The molecule has 0 aliphatic heterocycles. The third-order valence-electron chi connectivity index (χ3n) is 3.39. The molecule has 0 aliphatic carbocycles. The van der Waals surface area contributed by atoms with E-state index in [1.165, 1.54) is 0 Å². The van der Waals surface area contributed by atoms with Gasteiger partial charge in [-0.2, -0.15) is 5.26 Å². The largest absolute Gasteiger partial charge is 0.481 e. The third kappa shape index (κ3) is 3.64. The van der Waals surface area contributed by atoms with Crippen molar-refractivity contribution in [2.24, 2.45) is 0 Å². The van der Waals surface area contributed by atoms with Gasteiger partial charge in [-0.1, -0.05) is 18.2 Å². The summed E-state index contributed by atoms with van der Waals surface area (Å²) < 4.78 is 5.61. The van der Waals surface area contributed by atoms with Crippen LogP contribution in [0.1, 0.15) is 23.6 Å². The number of aryl methyl sites for hydroxylation is 2. The van der Waals surface area contributed by atoms with Crippen LogP contribution in [0.25, 0.3) is 0 Å². The smallest absolute Gasteiger partial charge is 0.265 e. The fraction of sp³-hybridized carbons (Fsp3) is 0.222. The zero-order valence-corrected chi connectivity index (χ0v) is 12.9. The van der Waals surface area contributed by atoms with Gasteiger partial charge in [-0.05, 0) is 56.2 Å². The molecule has 1 N–H and O–H groups in total. The van der Waals surface area contributed by atoms with Crippen molar-refractivity contribution in [1.29, 1.82) is 5.26 Å². The maximum absolute atomic E-state index is 12.3. The Hall–Kier alpha value is -2.80. The van der Waals surface area contributed by atoms with Crippen LogP contribution in [0, 0.1) is 25.2 Å². The highest BCUT2D eigenvalue weighted by molar-refractivity contribution is 5.95. The summed E-state index contributed by atoms with van der Waals surface area (Å²) in [6, 6.07) is 14.6. The second-order valence-corrected chi connectivity index (χ2v) is 5.15. The molecule has 0 saturated carbocycles. The minimum atomic E-state index is -0.632. The summed E-state index contributed by atoms with van der Waals surface area (Å²) in [7, 11) is 0. The molecule has 0 radical (unpaired) electrons. The predicted octanol–water partition coefficient (Wildman–Crippen LogP) is 3.58. The van der Waals surface area contributed by atoms with E-state index in [-0.39, 0.29) is 5.91 Å². The second-order valence-electron chi connectivity index (χ2n) is 5.15. The molecule has 2 rings (SSSR count). The quantitative estimate of drug-likeness (QED) is 0.937. The molecule has 4 heteroatoms. The monoisotopic (exact) mass is 294 g/mol. The van der Waals surface area contributed by atoms with Crippen LogP contribution in [-0.2, 0) is 4.79 Å². The van der Waals surface area contributed by atoms with E-state index in [0.29, 0.717) is 11.3 Å². The summed E-state index contributed by atoms with van der Waals surface area (Å²) in [4.78, 5) is 12.3. The highest BCUT2D eigenvalue weighted by atomic mass is 16.5. The standard InChI is InChI=1S/C18H18N2O2/c1-12-5-4-6-13(2)17(12)20-18(21)14(3)22-16-9-7-15(11-19)8-10-16/h4-10,14H,1-3H3,(H,20,21). The van der Waals surface area contributed by atoms with Crippen LogP contribution in [0.5, 0.6) is 5.75 Å². The number of nitrogens with zero attached hydrogens (tertiary/aromatic N) is 1. The number of benzene rings is 2. The Kier molecular flexibility index (Phi) is 4.80. The van der Waals surface area contributed by atoms with E-state index in [9.17, 15) is 4.79 Å². The van der Waals surface area contributed by atoms with E-state index in [1.54, 1.807) is 31.2 Å². The van der Waals surface area contributed by atoms with Gasteiger partial charge in [0.25, 0.3) is 5.91 Å². The molecule has 0 spiro atoms. The summed E-state index contributed by atoms with van der Waals surface area (Å²) in [6.07, 6.45) is -0.632. The lowest BCUT2D eigenvalue weighted by molar-refractivity contribution is -0.122. The normalized spacial score (nSPS) is 11.4. The number of nitrogens with one attached hydrogen (secondary N) is 1. The number of rotatable bonds is 4. The van der Waals surface area contributed by atoms with E-state index in [2.05, 4.69) is 5.32 Å². The summed E-state index contributed by atoms with van der Waals surface area (Å²) in [6.45, 7) is 5.60. The van der Waals surface area contributed by atoms with Gasteiger partial charge < -0.3 is 10.1 Å². The fourth-order valence-electron chi connectivity index (χ4n) is 2.10. The first-order chi connectivity index (χ1) is 10.5. The number of carbonyl (C=O) groups is 1. The molecule has 1 amide bonds. The van der Waals surface area contributed by atoms with E-state index in [1.807, 2.05) is 38.1 Å². The lowest BCUT2D eigenvalue weighted by Gasteiger charge is -2.17. The van der Waals surface area contributed by atoms with Gasteiger partial charge in [-0.15, -0.1) is 0 Å². The molecule has 0 heterocycles. The van der Waals surface area contributed by atoms with Crippen molar-refractivity contribution >= 4 is 11.6 Å². The van der Waals surface area contributed by atoms with Crippen molar-refractivity contribution in [3.63, 3.8) is 0 Å². The molecule has 1 unspecified atom stereocenters. The average Bonchev–Trinajstić information content (AvgIpc) is 2.51. The van der Waals surface area contributed by atoms with Gasteiger partial charge in [0.2, 0.25) is 0 Å². The van der Waals surface area contributed by atoms with Gasteiger partial charge >= 0.3 is 0 Å². The highest BCUT2D eigenvalue weighted by Crippen LogP contribution is 2.20. The summed E-state index contributed by atoms with van der Waals surface area (Å²) in [5.41, 5.74) is 3.40. The zero-order valence-electron chi connectivity index (χ0n) is 12.9. The first kappa shape index (κ1) is 15.6. The van der Waals surface area contributed by atoms with Gasteiger partial charge in [-0.25, -0.2) is 0 Å². The van der Waals surface area contributed by atoms with Gasteiger partial charge in [-0.3, -0.25) is 4.79 Å². The molecule has 0 saturated heterocycles. The average molecular weight is 294 g/mol. The molecule has 0 aliphatic rings. The van der Waals surface area contributed by atoms with Crippen LogP contribution < -0.4 is 10.1 Å². The molecule has 0 aromatic heterocycles. The van der Waals surface area contributed by atoms with E-state index in [0.717, 1.165) is 16.8 Å². The Morgan fingerprint density at radius 1 is 1.14 bits per heavy atom. The summed E-state index contributed by atoms with van der Waals surface area (Å²) >= 11 is 0. The zero-order chi connectivity index (χ0) is 16.1. The second kappa shape index (κ2) is 6.77. The first-order valence-electron chi connectivity index (χ1n) is 7.05. The topological polar surface area (TPSA) is 62.1 Å². The predicted molar refractivity (Wildman–Crippen MR) is 85.8 cm³/mol. The lowest BCUT2D eigenvalue weighted by Crippen LogP contribution is -2.30. The number of hydrogen-bond acceptors (Lipinski definition) is 3. The van der Waals surface area contributed by atoms with Gasteiger partial charge in [0.05, 0.1) is 11.6 Å². The molecular weight excluding hydrogens is 276 g/mol. The Labute approximate surface area is 130 Å². The molecule has 112 valence electrons. The minimum Gasteiger partial charge on any atom is -0.481 e. The number of ether oxygens (including phenoxy) is 1. The van der Waals surface area contributed by atoms with Crippen molar-refractivity contribution in [3.8, 4) is 11.8 Å². The summed E-state index contributed by atoms with van der Waals surface area (Å²) in [5, 5.41) is 11.7. The number of carbonyl (C=O) groups excluding carboxylic acids is 1. The molecular formula is C18H18N2O2. The Morgan fingerprint density at radius 2 is 1.73 bits per heavy atom. The molecule has 0 fully saturated rings.